The Morgan fingerprint density at radius 1 is 1.40 bits per heavy atom. The van der Waals surface area contributed by atoms with Crippen LogP contribution in [0.3, 0.4) is 0 Å². The molecule has 0 aliphatic carbocycles. The topological polar surface area (TPSA) is 110 Å². The summed E-state index contributed by atoms with van der Waals surface area (Å²) in [5.41, 5.74) is 0. The monoisotopic (exact) mass is 205 g/mol. The van der Waals surface area contributed by atoms with E-state index in [4.69, 9.17) is 4.89 Å². The Morgan fingerprint density at radius 3 is 1.70 bits per heavy atom. The average molecular weight is 205 g/mol. The van der Waals surface area contributed by atoms with Crippen LogP contribution in [0.1, 0.15) is 0 Å². The van der Waals surface area contributed by atoms with Gasteiger partial charge in [-0.2, -0.15) is 0 Å². The van der Waals surface area contributed by atoms with Crippen LogP contribution in [0.15, 0.2) is 0 Å². The van der Waals surface area contributed by atoms with Crippen LogP contribution >= 0.6 is 16.1 Å². The summed E-state index contributed by atoms with van der Waals surface area (Å²) in [4.78, 5) is 26.3. The van der Waals surface area contributed by atoms with Gasteiger partial charge in [-0.1, -0.05) is 4.31 Å². The molecular weight excluding hydrogens is 204 g/mol. The zero-order valence-corrected chi connectivity index (χ0v) is 11.2. The molecular formula is HNa2O6P2+. The van der Waals surface area contributed by atoms with Crippen LogP contribution < -0.4 is 68.9 Å². The molecule has 0 saturated carbocycles. The number of phosphoric acid groups is 1. The molecule has 0 bridgehead atoms. The second-order valence-electron chi connectivity index (χ2n) is 0.767. The molecule has 48 valence electrons. The largest absolute Gasteiger partial charge is 1.00 e. The fourth-order valence-corrected chi connectivity index (χ4v) is 0.770. The molecule has 1 N–H and O–H groups in total. The van der Waals surface area contributed by atoms with Crippen LogP contribution in [-0.2, 0) is 13.4 Å². The van der Waals surface area contributed by atoms with E-state index in [0.717, 1.165) is 0 Å². The van der Waals surface area contributed by atoms with Gasteiger partial charge in [-0.05, 0) is 0 Å². The van der Waals surface area contributed by atoms with Gasteiger partial charge in [0.1, 0.15) is 7.82 Å². The van der Waals surface area contributed by atoms with Crippen molar-refractivity contribution in [2.75, 3.05) is 0 Å². The Balaban J connectivity index is -0.000000245. The van der Waals surface area contributed by atoms with Crippen LogP contribution in [0.25, 0.3) is 0 Å². The molecule has 0 fully saturated rings. The van der Waals surface area contributed by atoms with Crippen molar-refractivity contribution in [2.45, 2.75) is 0 Å². The van der Waals surface area contributed by atoms with Gasteiger partial charge in [0, 0.05) is 4.57 Å². The molecule has 0 heterocycles. The van der Waals surface area contributed by atoms with Gasteiger partial charge in [0.05, 0.1) is 0 Å². The molecule has 0 aliphatic rings. The van der Waals surface area contributed by atoms with E-state index in [9.17, 15) is 18.9 Å². The minimum atomic E-state index is -5.26. The first kappa shape index (κ1) is 18.1. The van der Waals surface area contributed by atoms with Crippen molar-refractivity contribution in [2.24, 2.45) is 0 Å². The predicted octanol–water partition coefficient (Wildman–Crippen LogP) is -7.51. The van der Waals surface area contributed by atoms with Gasteiger partial charge in [-0.15, -0.1) is 4.89 Å². The van der Waals surface area contributed by atoms with Crippen molar-refractivity contribution in [1.82, 2.24) is 0 Å². The van der Waals surface area contributed by atoms with Crippen molar-refractivity contribution >= 4 is 16.1 Å². The average Bonchev–Trinajstić information content (AvgIpc) is 1.21. The molecule has 0 aromatic rings. The minimum absolute atomic E-state index is 0. The van der Waals surface area contributed by atoms with Crippen LogP contribution in [-0.4, -0.2) is 4.89 Å². The van der Waals surface area contributed by atoms with Gasteiger partial charge in [0.2, 0.25) is 0 Å². The summed E-state index contributed by atoms with van der Waals surface area (Å²) in [6.45, 7) is 0. The number of rotatable bonds is 2. The van der Waals surface area contributed by atoms with Gasteiger partial charge in [0.15, 0.2) is 0 Å². The van der Waals surface area contributed by atoms with Gasteiger partial charge in [0.25, 0.3) is 0 Å². The molecule has 10 heavy (non-hydrogen) atoms. The first-order valence-electron chi connectivity index (χ1n) is 1.30. The van der Waals surface area contributed by atoms with E-state index in [2.05, 4.69) is 4.31 Å². The summed E-state index contributed by atoms with van der Waals surface area (Å²) in [5.74, 6) is 0. The summed E-state index contributed by atoms with van der Waals surface area (Å²) in [5, 5.41) is 0. The fraction of sp³-hybridized carbons (Fsp3) is 0. The zero-order valence-electron chi connectivity index (χ0n) is 5.38. The number of hydrogen-bond acceptors (Lipinski definition) is 5. The second kappa shape index (κ2) is 7.80. The minimum Gasteiger partial charge on any atom is -0.786 e. The molecule has 0 aromatic heterocycles. The predicted molar refractivity (Wildman–Crippen MR) is 18.5 cm³/mol. The van der Waals surface area contributed by atoms with E-state index in [-0.39, 0.29) is 59.1 Å². The van der Waals surface area contributed by atoms with Crippen LogP contribution in [0.4, 0.5) is 0 Å². The first-order valence-corrected chi connectivity index (χ1v) is 3.89. The molecule has 0 radical (unpaired) electrons. The Kier molecular flexibility index (Phi) is 14.1. The van der Waals surface area contributed by atoms with E-state index in [0.29, 0.717) is 0 Å². The van der Waals surface area contributed by atoms with Gasteiger partial charge in [-0.25, -0.2) is 0 Å². The Hall–Kier alpha value is 2.17. The summed E-state index contributed by atoms with van der Waals surface area (Å²) in [7, 11) is -8.58. The Morgan fingerprint density at radius 2 is 1.70 bits per heavy atom. The van der Waals surface area contributed by atoms with Crippen molar-refractivity contribution in [3.05, 3.63) is 0 Å². The van der Waals surface area contributed by atoms with Gasteiger partial charge >= 0.3 is 67.4 Å². The second-order valence-corrected chi connectivity index (χ2v) is 2.79. The molecule has 6 nitrogen and oxygen atoms in total. The molecule has 0 saturated heterocycles. The smallest absolute Gasteiger partial charge is 0.786 e. The molecule has 0 aromatic carbocycles. The summed E-state index contributed by atoms with van der Waals surface area (Å²) in [6.07, 6.45) is 0. The quantitative estimate of drug-likeness (QED) is 0.354. The van der Waals surface area contributed by atoms with Crippen LogP contribution in [0.2, 0.25) is 0 Å². The molecule has 0 amide bonds. The van der Waals surface area contributed by atoms with E-state index in [1.165, 1.54) is 0 Å². The molecule has 0 aliphatic heterocycles. The molecule has 1 unspecified atom stereocenters. The third-order valence-corrected chi connectivity index (χ3v) is 1.53. The van der Waals surface area contributed by atoms with E-state index < -0.39 is 16.1 Å². The van der Waals surface area contributed by atoms with Crippen molar-refractivity contribution in [3.8, 4) is 0 Å². The third-order valence-electron chi connectivity index (χ3n) is 0.170. The third kappa shape index (κ3) is 16.6. The number of hydrogen-bond donors (Lipinski definition) is 1. The van der Waals surface area contributed by atoms with E-state index in [1.807, 2.05) is 0 Å². The molecule has 0 spiro atoms. The van der Waals surface area contributed by atoms with Gasteiger partial charge < -0.3 is 14.4 Å². The summed E-state index contributed by atoms with van der Waals surface area (Å²) >= 11 is 0. The van der Waals surface area contributed by atoms with Crippen molar-refractivity contribution < 1.29 is 87.2 Å². The summed E-state index contributed by atoms with van der Waals surface area (Å²) < 4.78 is 21.7. The first-order chi connectivity index (χ1) is 3.42. The van der Waals surface area contributed by atoms with Crippen molar-refractivity contribution in [3.63, 3.8) is 0 Å². The maximum absolute atomic E-state index is 9.37. The standard InChI is InChI=1S/2Na.H2O6P2/c;;1-7(2)6-8(3,4)5/h;;(H2-,1,2,3,4,5)/q2*+1;/p-1. The Labute approximate surface area is 102 Å². The molecule has 1 atom stereocenters. The maximum Gasteiger partial charge on any atom is 1.00 e. The normalized spacial score (nSPS) is 10.9. The Bertz CT molecular complexity index is 137. The SMILES string of the molecule is O=[P+](O)OP(=O)([O-])[O-].[Na+].[Na+]. The van der Waals surface area contributed by atoms with Crippen LogP contribution in [0, 0.1) is 0 Å². The zero-order chi connectivity index (χ0) is 6.78. The van der Waals surface area contributed by atoms with E-state index >= 15 is 0 Å². The maximum atomic E-state index is 9.37. The summed E-state index contributed by atoms with van der Waals surface area (Å²) in [6, 6.07) is 0. The van der Waals surface area contributed by atoms with Crippen molar-refractivity contribution in [1.29, 1.82) is 0 Å². The fourth-order valence-electron chi connectivity index (χ4n) is 0.0855. The van der Waals surface area contributed by atoms with Crippen LogP contribution in [0.5, 0.6) is 0 Å². The molecule has 10 heteroatoms. The molecule has 0 rings (SSSR count). The van der Waals surface area contributed by atoms with E-state index in [1.54, 1.807) is 0 Å². The van der Waals surface area contributed by atoms with Gasteiger partial charge in [-0.3, -0.25) is 0 Å².